The maximum atomic E-state index is 13.2. The molecule has 2 aromatic carbocycles. The number of nitrogens with zero attached hydrogens (tertiary/aromatic N) is 1. The van der Waals surface area contributed by atoms with Gasteiger partial charge >= 0.3 is 5.97 Å². The summed E-state index contributed by atoms with van der Waals surface area (Å²) in [7, 11) is 0. The molecule has 2 aromatic rings. The molecule has 0 saturated carbocycles. The van der Waals surface area contributed by atoms with Gasteiger partial charge in [0.1, 0.15) is 23.6 Å². The largest absolute Gasteiger partial charge is 0.484 e. The van der Waals surface area contributed by atoms with E-state index >= 15 is 0 Å². The number of primary amides is 1. The van der Waals surface area contributed by atoms with Gasteiger partial charge in [-0.2, -0.15) is 0 Å². The quantitative estimate of drug-likeness (QED) is 0.220. The summed E-state index contributed by atoms with van der Waals surface area (Å²) < 4.78 is 17.2. The summed E-state index contributed by atoms with van der Waals surface area (Å²) in [6.07, 6.45) is 1.16. The van der Waals surface area contributed by atoms with Crippen LogP contribution in [0.3, 0.4) is 0 Å². The third kappa shape index (κ3) is 9.42. The van der Waals surface area contributed by atoms with E-state index in [-0.39, 0.29) is 37.0 Å². The number of nitrogens with two attached hydrogens (primary N) is 1. The zero-order chi connectivity index (χ0) is 31.8. The number of hydrogen-bond donors (Lipinski definition) is 4. The van der Waals surface area contributed by atoms with Gasteiger partial charge in [-0.05, 0) is 61.4 Å². The first-order valence-corrected chi connectivity index (χ1v) is 15.0. The minimum Gasteiger partial charge on any atom is -0.484 e. The molecule has 0 aromatic heterocycles. The van der Waals surface area contributed by atoms with Crippen molar-refractivity contribution in [2.45, 2.75) is 71.1 Å². The molecule has 2 heterocycles. The Labute approximate surface area is 257 Å². The van der Waals surface area contributed by atoms with Crippen LogP contribution in [-0.2, 0) is 30.3 Å². The first-order chi connectivity index (χ1) is 21.0. The van der Waals surface area contributed by atoms with E-state index in [9.17, 15) is 24.3 Å². The van der Waals surface area contributed by atoms with E-state index in [0.29, 0.717) is 49.4 Å². The Bertz CT molecular complexity index is 1310. The van der Waals surface area contributed by atoms with Crippen molar-refractivity contribution in [1.82, 2.24) is 15.5 Å². The number of epoxide rings is 1. The third-order valence-corrected chi connectivity index (χ3v) is 7.76. The summed E-state index contributed by atoms with van der Waals surface area (Å²) >= 11 is 0. The average molecular weight is 611 g/mol. The minimum absolute atomic E-state index is 0.0391. The number of para-hydroxylation sites is 1. The molecule has 3 amide bonds. The molecule has 2 aliphatic rings. The molecule has 2 unspecified atom stereocenters. The summed E-state index contributed by atoms with van der Waals surface area (Å²) in [5.74, 6) is -1.40. The summed E-state index contributed by atoms with van der Waals surface area (Å²) in [6.45, 7) is 6.84. The molecule has 12 nitrogen and oxygen atoms in total. The Morgan fingerprint density at radius 2 is 1.70 bits per heavy atom. The lowest BCUT2D eigenvalue weighted by Gasteiger charge is -2.28. The number of hydrogen-bond acceptors (Lipinski definition) is 8. The van der Waals surface area contributed by atoms with Crippen molar-refractivity contribution in [2.75, 3.05) is 19.7 Å². The predicted molar refractivity (Wildman–Crippen MR) is 161 cm³/mol. The Kier molecular flexibility index (Phi) is 11.2. The van der Waals surface area contributed by atoms with Crippen LogP contribution in [0.5, 0.6) is 11.5 Å². The van der Waals surface area contributed by atoms with E-state index in [4.69, 9.17) is 19.9 Å². The number of rotatable bonds is 15. The number of carbonyl (C=O) groups is 4. The number of ether oxygens (including phenoxy) is 3. The van der Waals surface area contributed by atoms with Gasteiger partial charge in [-0.15, -0.1) is 0 Å². The molecule has 0 bridgehead atoms. The van der Waals surface area contributed by atoms with E-state index in [0.717, 1.165) is 5.56 Å². The van der Waals surface area contributed by atoms with Gasteiger partial charge < -0.3 is 35.7 Å². The van der Waals surface area contributed by atoms with E-state index in [1.165, 1.54) is 0 Å². The van der Waals surface area contributed by atoms with Crippen LogP contribution >= 0.6 is 0 Å². The Morgan fingerprint density at radius 1 is 1.02 bits per heavy atom. The standard InChI is InChI=1S/C32H42N4O8/c1-19(2)16-24(34-27(37)18-42-26-7-5-4-6-20(26)3)29(39)35-25(31(40)41)17-21-8-10-23(11-9-21)43-32-30(44-32)36-14-12-22(13-15-36)28(33)38/h4-11,19,22,24-25,30,32H,12-18H2,1-3H3,(H2,33,38)(H,34,37)(H,35,39)(H,40,41)/t24-,25-,30?,32?/m0/s1. The van der Waals surface area contributed by atoms with Crippen molar-refractivity contribution >= 4 is 23.7 Å². The maximum Gasteiger partial charge on any atom is 0.326 e. The molecular formula is C32H42N4O8. The van der Waals surface area contributed by atoms with Gasteiger partial charge in [-0.25, -0.2) is 4.79 Å². The number of nitrogens with one attached hydrogen (secondary N) is 2. The second-order valence-corrected chi connectivity index (χ2v) is 11.8. The molecule has 4 atom stereocenters. The number of aryl methyl sites for hydroxylation is 1. The second kappa shape index (κ2) is 15.0. The Balaban J connectivity index is 1.27. The van der Waals surface area contributed by atoms with Crippen molar-refractivity contribution in [3.05, 3.63) is 59.7 Å². The molecule has 5 N–H and O–H groups in total. The fourth-order valence-electron chi connectivity index (χ4n) is 5.22. The fraction of sp³-hybridized carbons (Fsp3) is 0.500. The normalized spacial score (nSPS) is 19.9. The number of piperidine rings is 1. The van der Waals surface area contributed by atoms with E-state index in [1.807, 2.05) is 32.9 Å². The smallest absolute Gasteiger partial charge is 0.326 e. The van der Waals surface area contributed by atoms with Gasteiger partial charge in [0.05, 0.1) is 0 Å². The third-order valence-electron chi connectivity index (χ3n) is 7.76. The summed E-state index contributed by atoms with van der Waals surface area (Å²) in [4.78, 5) is 51.4. The Morgan fingerprint density at radius 3 is 2.32 bits per heavy atom. The van der Waals surface area contributed by atoms with Crippen LogP contribution in [0.1, 0.15) is 44.2 Å². The van der Waals surface area contributed by atoms with Crippen LogP contribution in [0.2, 0.25) is 0 Å². The molecular weight excluding hydrogens is 568 g/mol. The van der Waals surface area contributed by atoms with Gasteiger partial charge in [0.2, 0.25) is 18.1 Å². The highest BCUT2D eigenvalue weighted by Crippen LogP contribution is 2.32. The molecule has 2 saturated heterocycles. The number of aliphatic carboxylic acids is 1. The number of carbonyl (C=O) groups excluding carboxylic acids is 3. The number of carboxylic acid groups (broad SMARTS) is 1. The Hall–Kier alpha value is -4.16. The topological polar surface area (TPSA) is 173 Å². The zero-order valence-electron chi connectivity index (χ0n) is 25.4. The predicted octanol–water partition coefficient (Wildman–Crippen LogP) is 1.98. The van der Waals surface area contributed by atoms with Crippen molar-refractivity contribution < 1.29 is 38.5 Å². The summed E-state index contributed by atoms with van der Waals surface area (Å²) in [6, 6.07) is 12.1. The number of carboxylic acids is 1. The highest BCUT2D eigenvalue weighted by molar-refractivity contribution is 5.90. The van der Waals surface area contributed by atoms with Crippen LogP contribution in [0.4, 0.5) is 0 Å². The highest BCUT2D eigenvalue weighted by Gasteiger charge is 2.47. The molecule has 2 aliphatic heterocycles. The van der Waals surface area contributed by atoms with Crippen molar-refractivity contribution in [3.63, 3.8) is 0 Å². The van der Waals surface area contributed by atoms with Gasteiger partial charge in [0.25, 0.3) is 5.91 Å². The number of likely N-dealkylation sites (tertiary alicyclic amines) is 1. The summed E-state index contributed by atoms with van der Waals surface area (Å²) in [5.41, 5.74) is 6.97. The van der Waals surface area contributed by atoms with Crippen molar-refractivity contribution in [3.8, 4) is 11.5 Å². The molecule has 0 radical (unpaired) electrons. The second-order valence-electron chi connectivity index (χ2n) is 11.8. The highest BCUT2D eigenvalue weighted by atomic mass is 16.8. The van der Waals surface area contributed by atoms with Gasteiger partial charge in [0.15, 0.2) is 12.8 Å². The van der Waals surface area contributed by atoms with Gasteiger partial charge in [-0.3, -0.25) is 19.3 Å². The van der Waals surface area contributed by atoms with E-state index in [2.05, 4.69) is 15.5 Å². The SMILES string of the molecule is Cc1ccccc1OCC(=O)N[C@@H](CC(C)C)C(=O)N[C@@H](Cc1ccc(OC2OC2N2CCC(C(N)=O)CC2)cc1)C(=O)O. The number of benzene rings is 2. The zero-order valence-corrected chi connectivity index (χ0v) is 25.4. The molecule has 0 spiro atoms. The van der Waals surface area contributed by atoms with E-state index in [1.54, 1.807) is 36.4 Å². The maximum absolute atomic E-state index is 13.2. The van der Waals surface area contributed by atoms with E-state index < -0.39 is 36.2 Å². The minimum atomic E-state index is -1.21. The fourth-order valence-corrected chi connectivity index (χ4v) is 5.22. The number of amides is 3. The molecule has 4 rings (SSSR count). The summed E-state index contributed by atoms with van der Waals surface area (Å²) in [5, 5.41) is 15.1. The lowest BCUT2D eigenvalue weighted by Crippen LogP contribution is -2.53. The van der Waals surface area contributed by atoms with Crippen molar-refractivity contribution in [2.24, 2.45) is 17.6 Å². The van der Waals surface area contributed by atoms with Crippen LogP contribution in [0.25, 0.3) is 0 Å². The first kappa shape index (κ1) is 32.7. The van der Waals surface area contributed by atoms with Crippen LogP contribution in [0.15, 0.2) is 48.5 Å². The molecule has 12 heteroatoms. The van der Waals surface area contributed by atoms with Crippen LogP contribution in [-0.4, -0.2) is 78.0 Å². The van der Waals surface area contributed by atoms with Gasteiger partial charge in [0, 0.05) is 25.4 Å². The lowest BCUT2D eigenvalue weighted by molar-refractivity contribution is -0.142. The van der Waals surface area contributed by atoms with Crippen LogP contribution < -0.4 is 25.8 Å². The van der Waals surface area contributed by atoms with Crippen molar-refractivity contribution in [1.29, 1.82) is 0 Å². The molecule has 2 fully saturated rings. The molecule has 0 aliphatic carbocycles. The van der Waals surface area contributed by atoms with Gasteiger partial charge in [-0.1, -0.05) is 44.2 Å². The molecule has 238 valence electrons. The first-order valence-electron chi connectivity index (χ1n) is 15.0. The average Bonchev–Trinajstić information content (AvgIpc) is 3.75. The monoisotopic (exact) mass is 610 g/mol. The molecule has 44 heavy (non-hydrogen) atoms. The lowest BCUT2D eigenvalue weighted by atomic mass is 9.96. The van der Waals surface area contributed by atoms with Crippen LogP contribution in [0, 0.1) is 18.8 Å².